The molecule has 5 heteroatoms. The Morgan fingerprint density at radius 3 is 2.13 bits per heavy atom. The maximum Gasteiger partial charge on any atom is 0.314 e. The fraction of sp³-hybridized carbons (Fsp3) is 0.440. The van der Waals surface area contributed by atoms with Gasteiger partial charge in [-0.1, -0.05) is 48.5 Å². The molecule has 0 bridgehead atoms. The van der Waals surface area contributed by atoms with E-state index in [0.29, 0.717) is 45.2 Å². The third-order valence-corrected chi connectivity index (χ3v) is 7.71. The quantitative estimate of drug-likeness (QED) is 0.816. The predicted octanol–water partition coefficient (Wildman–Crippen LogP) is 3.52. The number of nitrogens with zero attached hydrogens (tertiary/aromatic N) is 1. The van der Waals surface area contributed by atoms with Crippen LogP contribution in [0.25, 0.3) is 11.1 Å². The average Bonchev–Trinajstić information content (AvgIpc) is 3.65. The lowest BCUT2D eigenvalue weighted by molar-refractivity contribution is -0.145. The van der Waals surface area contributed by atoms with Gasteiger partial charge in [-0.05, 0) is 66.7 Å². The minimum Gasteiger partial charge on any atom is -0.481 e. The second-order valence-electron chi connectivity index (χ2n) is 9.38. The molecule has 2 aliphatic carbocycles. The largest absolute Gasteiger partial charge is 0.481 e. The monoisotopic (exact) mass is 405 g/mol. The molecule has 1 saturated heterocycles. The Morgan fingerprint density at radius 1 is 0.933 bits per heavy atom. The van der Waals surface area contributed by atoms with Gasteiger partial charge in [0, 0.05) is 13.1 Å². The van der Waals surface area contributed by atoms with Crippen LogP contribution < -0.4 is 0 Å². The molecule has 2 aromatic rings. The molecule has 2 aromatic carbocycles. The molecule has 2 N–H and O–H groups in total. The van der Waals surface area contributed by atoms with Gasteiger partial charge in [-0.2, -0.15) is 0 Å². The van der Waals surface area contributed by atoms with Gasteiger partial charge < -0.3 is 15.1 Å². The maximum absolute atomic E-state index is 12.4. The predicted molar refractivity (Wildman–Crippen MR) is 113 cm³/mol. The number of amides is 1. The van der Waals surface area contributed by atoms with Gasteiger partial charge in [0.05, 0.1) is 5.41 Å². The zero-order valence-corrected chi connectivity index (χ0v) is 17.2. The lowest BCUT2D eigenvalue weighted by atomic mass is 9.79. The summed E-state index contributed by atoms with van der Waals surface area (Å²) in [7, 11) is 0. The Kier molecular flexibility index (Phi) is 4.13. The van der Waals surface area contributed by atoms with Crippen LogP contribution in [0.2, 0.25) is 0 Å². The standard InChI is InChI=1S/C25H27NO4/c1-17-4-2-3-5-20(17)18-6-8-19(9-7-18)25(22(28)29)16-23(25)12-14-26(15-13-23)21(27)24(30)10-11-24/h2-9,30H,10-16H2,1H3,(H,28,29)/t25-/m1/s1. The third-order valence-electron chi connectivity index (χ3n) is 7.71. The summed E-state index contributed by atoms with van der Waals surface area (Å²) in [6, 6.07) is 16.2. The summed E-state index contributed by atoms with van der Waals surface area (Å²) in [4.78, 5) is 26.6. The number of aryl methyl sites for hydroxylation is 1. The van der Waals surface area contributed by atoms with Gasteiger partial charge in [0.25, 0.3) is 5.91 Å². The van der Waals surface area contributed by atoms with Crippen molar-refractivity contribution in [3.63, 3.8) is 0 Å². The number of carboxylic acids is 1. The van der Waals surface area contributed by atoms with Crippen molar-refractivity contribution in [1.29, 1.82) is 0 Å². The average molecular weight is 405 g/mol. The summed E-state index contributed by atoms with van der Waals surface area (Å²) < 4.78 is 0. The van der Waals surface area contributed by atoms with Crippen LogP contribution in [0.3, 0.4) is 0 Å². The number of hydrogen-bond donors (Lipinski definition) is 2. The molecule has 0 radical (unpaired) electrons. The lowest BCUT2D eigenvalue weighted by Crippen LogP contribution is -2.47. The van der Waals surface area contributed by atoms with Gasteiger partial charge in [0.2, 0.25) is 0 Å². The zero-order chi connectivity index (χ0) is 21.1. The number of aliphatic carboxylic acids is 1. The van der Waals surface area contributed by atoms with E-state index in [1.807, 2.05) is 36.4 Å². The van der Waals surface area contributed by atoms with Crippen LogP contribution in [-0.4, -0.2) is 45.7 Å². The number of carbonyl (C=O) groups is 2. The smallest absolute Gasteiger partial charge is 0.314 e. The minimum absolute atomic E-state index is 0.179. The van der Waals surface area contributed by atoms with Crippen LogP contribution in [0.4, 0.5) is 0 Å². The highest BCUT2D eigenvalue weighted by atomic mass is 16.4. The van der Waals surface area contributed by atoms with Crippen molar-refractivity contribution in [2.24, 2.45) is 5.41 Å². The summed E-state index contributed by atoms with van der Waals surface area (Å²) >= 11 is 0. The maximum atomic E-state index is 12.4. The number of carbonyl (C=O) groups excluding carboxylic acids is 1. The van der Waals surface area contributed by atoms with Crippen LogP contribution in [0.5, 0.6) is 0 Å². The highest BCUT2D eigenvalue weighted by Gasteiger charge is 2.73. The second kappa shape index (κ2) is 6.42. The van der Waals surface area contributed by atoms with Crippen LogP contribution >= 0.6 is 0 Å². The SMILES string of the molecule is Cc1ccccc1-c1ccc([C@@]2(C(=O)O)CC23CCN(C(=O)C2(O)CC2)CC3)cc1. The number of aliphatic hydroxyl groups is 1. The normalized spacial score (nSPS) is 25.7. The number of benzene rings is 2. The number of piperidine rings is 1. The van der Waals surface area contributed by atoms with Crippen LogP contribution in [0, 0.1) is 12.3 Å². The molecule has 156 valence electrons. The molecule has 2 saturated carbocycles. The second-order valence-corrected chi connectivity index (χ2v) is 9.38. The molecular weight excluding hydrogens is 378 g/mol. The van der Waals surface area contributed by atoms with E-state index in [2.05, 4.69) is 19.1 Å². The number of carboxylic acid groups (broad SMARTS) is 1. The summed E-state index contributed by atoms with van der Waals surface area (Å²) in [6.07, 6.45) is 3.03. The summed E-state index contributed by atoms with van der Waals surface area (Å²) in [5.41, 5.74) is 1.97. The van der Waals surface area contributed by atoms with Crippen molar-refractivity contribution >= 4 is 11.9 Å². The first kappa shape index (κ1) is 19.3. The van der Waals surface area contributed by atoms with Crippen molar-refractivity contribution in [2.45, 2.75) is 50.0 Å². The molecule has 0 aromatic heterocycles. The van der Waals surface area contributed by atoms with Crippen molar-refractivity contribution in [1.82, 2.24) is 4.90 Å². The van der Waals surface area contributed by atoms with Crippen molar-refractivity contribution in [3.8, 4) is 11.1 Å². The Labute approximate surface area is 176 Å². The number of hydrogen-bond acceptors (Lipinski definition) is 3. The van der Waals surface area contributed by atoms with Crippen LogP contribution in [0.1, 0.15) is 43.2 Å². The fourth-order valence-corrected chi connectivity index (χ4v) is 5.50. The topological polar surface area (TPSA) is 77.8 Å². The van der Waals surface area contributed by atoms with E-state index in [0.717, 1.165) is 16.7 Å². The minimum atomic E-state index is -1.15. The summed E-state index contributed by atoms with van der Waals surface area (Å²) in [6.45, 7) is 3.13. The van der Waals surface area contributed by atoms with E-state index in [4.69, 9.17) is 0 Å². The van der Waals surface area contributed by atoms with Crippen molar-refractivity contribution in [2.75, 3.05) is 13.1 Å². The van der Waals surface area contributed by atoms with Gasteiger partial charge in [-0.25, -0.2) is 0 Å². The molecule has 5 rings (SSSR count). The molecule has 3 fully saturated rings. The molecule has 5 nitrogen and oxygen atoms in total. The van der Waals surface area contributed by atoms with Crippen molar-refractivity contribution < 1.29 is 19.8 Å². The van der Waals surface area contributed by atoms with Gasteiger partial charge in [0.1, 0.15) is 5.60 Å². The summed E-state index contributed by atoms with van der Waals surface area (Å²) in [5, 5.41) is 20.3. The first-order chi connectivity index (χ1) is 14.3. The van der Waals surface area contributed by atoms with E-state index in [1.165, 1.54) is 5.56 Å². The van der Waals surface area contributed by atoms with Gasteiger partial charge >= 0.3 is 5.97 Å². The molecule has 1 heterocycles. The van der Waals surface area contributed by atoms with Gasteiger partial charge in [-0.15, -0.1) is 0 Å². The molecule has 1 amide bonds. The van der Waals surface area contributed by atoms with Crippen LogP contribution in [-0.2, 0) is 15.0 Å². The lowest BCUT2D eigenvalue weighted by Gasteiger charge is -2.36. The Hall–Kier alpha value is -2.66. The Morgan fingerprint density at radius 2 is 1.57 bits per heavy atom. The Balaban J connectivity index is 1.37. The summed E-state index contributed by atoms with van der Waals surface area (Å²) in [5.74, 6) is -0.951. The molecular formula is C25H27NO4. The van der Waals surface area contributed by atoms with E-state index >= 15 is 0 Å². The molecule has 1 atom stereocenters. The molecule has 30 heavy (non-hydrogen) atoms. The molecule has 1 aliphatic heterocycles. The molecule has 3 aliphatic rings. The van der Waals surface area contributed by atoms with E-state index < -0.39 is 17.0 Å². The first-order valence-electron chi connectivity index (χ1n) is 10.7. The molecule has 1 spiro atoms. The highest BCUT2D eigenvalue weighted by molar-refractivity contribution is 5.89. The first-order valence-corrected chi connectivity index (χ1v) is 10.7. The molecule has 0 unspecified atom stereocenters. The van der Waals surface area contributed by atoms with Crippen LogP contribution in [0.15, 0.2) is 48.5 Å². The van der Waals surface area contributed by atoms with E-state index in [9.17, 15) is 19.8 Å². The Bertz CT molecular complexity index is 1020. The van der Waals surface area contributed by atoms with E-state index in [1.54, 1.807) is 4.90 Å². The number of rotatable bonds is 4. The van der Waals surface area contributed by atoms with Gasteiger partial charge in [-0.3, -0.25) is 9.59 Å². The third kappa shape index (κ3) is 2.72. The highest BCUT2D eigenvalue weighted by Crippen LogP contribution is 2.69. The van der Waals surface area contributed by atoms with Gasteiger partial charge in [0.15, 0.2) is 0 Å². The fourth-order valence-electron chi connectivity index (χ4n) is 5.50. The zero-order valence-electron chi connectivity index (χ0n) is 17.2. The number of likely N-dealkylation sites (tertiary alicyclic amines) is 1. The van der Waals surface area contributed by atoms with Crippen molar-refractivity contribution in [3.05, 3.63) is 59.7 Å². The van der Waals surface area contributed by atoms with E-state index in [-0.39, 0.29) is 11.3 Å².